The Balaban J connectivity index is 1.93. The molecular formula is C11H20N4. The lowest BCUT2D eigenvalue weighted by Gasteiger charge is -2.20. The molecule has 1 aliphatic rings. The van der Waals surface area contributed by atoms with E-state index < -0.39 is 0 Å². The van der Waals surface area contributed by atoms with Gasteiger partial charge in [-0.25, -0.2) is 4.68 Å². The largest absolute Gasteiger partial charge is 0.330 e. The first-order valence-electron chi connectivity index (χ1n) is 6.01. The Morgan fingerprint density at radius 2 is 2.13 bits per heavy atom. The SMILES string of the molecule is NCCCc1cn(C2CCCCC2)nn1. The van der Waals surface area contributed by atoms with Gasteiger partial charge in [-0.3, -0.25) is 0 Å². The summed E-state index contributed by atoms with van der Waals surface area (Å²) < 4.78 is 2.06. The zero-order valence-corrected chi connectivity index (χ0v) is 9.23. The fraction of sp³-hybridized carbons (Fsp3) is 0.818. The minimum atomic E-state index is 0.595. The molecule has 0 saturated heterocycles. The van der Waals surface area contributed by atoms with Crippen molar-refractivity contribution in [3.05, 3.63) is 11.9 Å². The lowest BCUT2D eigenvalue weighted by atomic mass is 9.96. The van der Waals surface area contributed by atoms with Crippen LogP contribution in [0.5, 0.6) is 0 Å². The van der Waals surface area contributed by atoms with Gasteiger partial charge in [-0.15, -0.1) is 5.10 Å². The third kappa shape index (κ3) is 2.78. The summed E-state index contributed by atoms with van der Waals surface area (Å²) in [7, 11) is 0. The standard InChI is InChI=1S/C11H20N4/c12-8-4-5-10-9-15(14-13-10)11-6-2-1-3-7-11/h9,11H,1-8,12H2. The molecule has 4 heteroatoms. The Bertz CT molecular complexity index is 289. The van der Waals surface area contributed by atoms with Gasteiger partial charge in [0, 0.05) is 6.20 Å². The fourth-order valence-corrected chi connectivity index (χ4v) is 2.24. The van der Waals surface area contributed by atoms with Gasteiger partial charge in [0.25, 0.3) is 0 Å². The molecule has 2 N–H and O–H groups in total. The molecule has 2 rings (SSSR count). The Hall–Kier alpha value is -0.900. The van der Waals surface area contributed by atoms with Crippen molar-refractivity contribution in [2.75, 3.05) is 6.54 Å². The van der Waals surface area contributed by atoms with E-state index in [1.165, 1.54) is 32.1 Å². The molecule has 1 aromatic rings. The normalized spacial score (nSPS) is 18.2. The zero-order valence-electron chi connectivity index (χ0n) is 9.23. The van der Waals surface area contributed by atoms with Crippen molar-refractivity contribution >= 4 is 0 Å². The lowest BCUT2D eigenvalue weighted by Crippen LogP contribution is -2.13. The van der Waals surface area contributed by atoms with E-state index in [0.29, 0.717) is 6.04 Å². The minimum absolute atomic E-state index is 0.595. The molecule has 4 nitrogen and oxygen atoms in total. The maximum atomic E-state index is 5.47. The van der Waals surface area contributed by atoms with Crippen LogP contribution in [0.25, 0.3) is 0 Å². The second-order valence-corrected chi connectivity index (χ2v) is 4.37. The van der Waals surface area contributed by atoms with Crippen LogP contribution in [-0.4, -0.2) is 21.5 Å². The van der Waals surface area contributed by atoms with Crippen LogP contribution in [0.3, 0.4) is 0 Å². The molecule has 0 atom stereocenters. The van der Waals surface area contributed by atoms with Crippen LogP contribution in [0.2, 0.25) is 0 Å². The number of hydrogen-bond donors (Lipinski definition) is 1. The topological polar surface area (TPSA) is 56.7 Å². The molecule has 0 bridgehead atoms. The van der Waals surface area contributed by atoms with E-state index in [-0.39, 0.29) is 0 Å². The highest BCUT2D eigenvalue weighted by atomic mass is 15.4. The summed E-state index contributed by atoms with van der Waals surface area (Å²) in [4.78, 5) is 0. The molecule has 0 unspecified atom stereocenters. The van der Waals surface area contributed by atoms with E-state index in [1.807, 2.05) is 0 Å². The van der Waals surface area contributed by atoms with Gasteiger partial charge in [0.1, 0.15) is 0 Å². The molecule has 1 saturated carbocycles. The van der Waals surface area contributed by atoms with Gasteiger partial charge >= 0.3 is 0 Å². The first kappa shape index (κ1) is 10.6. The second-order valence-electron chi connectivity index (χ2n) is 4.37. The highest BCUT2D eigenvalue weighted by molar-refractivity contribution is 4.94. The third-order valence-electron chi connectivity index (χ3n) is 3.14. The van der Waals surface area contributed by atoms with Gasteiger partial charge in [0.05, 0.1) is 11.7 Å². The lowest BCUT2D eigenvalue weighted by molar-refractivity contribution is 0.324. The average molecular weight is 208 g/mol. The van der Waals surface area contributed by atoms with Crippen LogP contribution >= 0.6 is 0 Å². The molecule has 1 aliphatic carbocycles. The van der Waals surface area contributed by atoms with Crippen molar-refractivity contribution < 1.29 is 0 Å². The first-order valence-corrected chi connectivity index (χ1v) is 6.01. The summed E-state index contributed by atoms with van der Waals surface area (Å²) in [6.07, 6.45) is 10.6. The minimum Gasteiger partial charge on any atom is -0.330 e. The van der Waals surface area contributed by atoms with Crippen molar-refractivity contribution in [3.63, 3.8) is 0 Å². The van der Waals surface area contributed by atoms with Gasteiger partial charge in [-0.2, -0.15) is 0 Å². The number of rotatable bonds is 4. The second kappa shape index (κ2) is 5.26. The predicted octanol–water partition coefficient (Wildman–Crippen LogP) is 1.67. The number of aryl methyl sites for hydroxylation is 1. The third-order valence-corrected chi connectivity index (χ3v) is 3.14. The molecule has 84 valence electrons. The Kier molecular flexibility index (Phi) is 3.72. The summed E-state index contributed by atoms with van der Waals surface area (Å²) in [6.45, 7) is 0.732. The molecule has 0 aromatic carbocycles. The molecule has 1 heterocycles. The van der Waals surface area contributed by atoms with Gasteiger partial charge < -0.3 is 5.73 Å². The monoisotopic (exact) mass is 208 g/mol. The number of hydrogen-bond acceptors (Lipinski definition) is 3. The summed E-state index contributed by atoms with van der Waals surface area (Å²) in [5.74, 6) is 0. The molecule has 15 heavy (non-hydrogen) atoms. The molecular weight excluding hydrogens is 188 g/mol. The summed E-state index contributed by atoms with van der Waals surface area (Å²) in [5, 5.41) is 8.40. The molecule has 0 aliphatic heterocycles. The van der Waals surface area contributed by atoms with Gasteiger partial charge in [-0.1, -0.05) is 24.5 Å². The molecule has 0 radical (unpaired) electrons. The molecule has 0 spiro atoms. The quantitative estimate of drug-likeness (QED) is 0.819. The number of nitrogens with two attached hydrogens (primary N) is 1. The number of aromatic nitrogens is 3. The Labute approximate surface area is 90.8 Å². The molecule has 1 aromatic heterocycles. The molecule has 1 fully saturated rings. The average Bonchev–Trinajstić information content (AvgIpc) is 2.76. The van der Waals surface area contributed by atoms with Crippen LogP contribution in [-0.2, 0) is 6.42 Å². The van der Waals surface area contributed by atoms with E-state index in [1.54, 1.807) is 0 Å². The Morgan fingerprint density at radius 3 is 2.87 bits per heavy atom. The zero-order chi connectivity index (χ0) is 10.5. The highest BCUT2D eigenvalue weighted by Crippen LogP contribution is 2.27. The smallest absolute Gasteiger partial charge is 0.0827 e. The maximum absolute atomic E-state index is 5.47. The van der Waals surface area contributed by atoms with E-state index in [4.69, 9.17) is 5.73 Å². The van der Waals surface area contributed by atoms with Crippen LogP contribution in [0.1, 0.15) is 50.3 Å². The summed E-state index contributed by atoms with van der Waals surface area (Å²) in [6, 6.07) is 0.595. The van der Waals surface area contributed by atoms with Crippen LogP contribution in [0.15, 0.2) is 6.20 Å². The van der Waals surface area contributed by atoms with Crippen molar-refractivity contribution in [3.8, 4) is 0 Å². The van der Waals surface area contributed by atoms with Crippen molar-refractivity contribution in [1.82, 2.24) is 15.0 Å². The number of nitrogens with zero attached hydrogens (tertiary/aromatic N) is 3. The van der Waals surface area contributed by atoms with Gasteiger partial charge in [0.2, 0.25) is 0 Å². The highest BCUT2D eigenvalue weighted by Gasteiger charge is 2.16. The van der Waals surface area contributed by atoms with Crippen molar-refractivity contribution in [2.45, 2.75) is 51.0 Å². The maximum Gasteiger partial charge on any atom is 0.0827 e. The van der Waals surface area contributed by atoms with Crippen molar-refractivity contribution in [1.29, 1.82) is 0 Å². The molecule has 0 amide bonds. The van der Waals surface area contributed by atoms with E-state index >= 15 is 0 Å². The predicted molar refractivity (Wildman–Crippen MR) is 59.5 cm³/mol. The fourth-order valence-electron chi connectivity index (χ4n) is 2.24. The van der Waals surface area contributed by atoms with Crippen molar-refractivity contribution in [2.24, 2.45) is 5.73 Å². The van der Waals surface area contributed by atoms with Crippen LogP contribution in [0, 0.1) is 0 Å². The van der Waals surface area contributed by atoms with Crippen LogP contribution < -0.4 is 5.73 Å². The van der Waals surface area contributed by atoms with Gasteiger partial charge in [-0.05, 0) is 32.2 Å². The van der Waals surface area contributed by atoms with Crippen LogP contribution in [0.4, 0.5) is 0 Å². The first-order chi connectivity index (χ1) is 7.40. The van der Waals surface area contributed by atoms with E-state index in [9.17, 15) is 0 Å². The van der Waals surface area contributed by atoms with Gasteiger partial charge in [0.15, 0.2) is 0 Å². The van der Waals surface area contributed by atoms with E-state index in [0.717, 1.165) is 25.1 Å². The summed E-state index contributed by atoms with van der Waals surface area (Å²) in [5.41, 5.74) is 6.56. The Morgan fingerprint density at radius 1 is 1.33 bits per heavy atom. The van der Waals surface area contributed by atoms with E-state index in [2.05, 4.69) is 21.2 Å². The summed E-state index contributed by atoms with van der Waals surface area (Å²) >= 11 is 0.